The van der Waals surface area contributed by atoms with E-state index in [9.17, 15) is 14.0 Å². The van der Waals surface area contributed by atoms with E-state index in [1.165, 1.54) is 5.57 Å². The molecule has 0 unspecified atom stereocenters. The highest BCUT2D eigenvalue weighted by atomic mass is 79.9. The molecule has 32 heavy (non-hydrogen) atoms. The third kappa shape index (κ3) is 2.73. The first kappa shape index (κ1) is 21.2. The van der Waals surface area contributed by atoms with Crippen LogP contribution in [0.4, 0.5) is 4.39 Å². The molecule has 5 nitrogen and oxygen atoms in total. The SMILES string of the molecule is C[C@]12CC[C@H]3[C@@H](CCC4=CC(=O)CC[C@@H]43)[C@@H]1C[C@H]1O[C@H](c3ccc(Br)o3)O[C@]12C(=O)CF. The van der Waals surface area contributed by atoms with Gasteiger partial charge in [-0.25, -0.2) is 4.39 Å². The molecular formula is C25H28BrFO5. The molecule has 5 aliphatic rings. The lowest BCUT2D eigenvalue weighted by atomic mass is 9.50. The summed E-state index contributed by atoms with van der Waals surface area (Å²) < 4.78 is 32.9. The molecule has 0 aromatic carbocycles. The molecule has 172 valence electrons. The van der Waals surface area contributed by atoms with Crippen LogP contribution in [0.15, 0.2) is 32.9 Å². The normalized spacial score (nSPS) is 45.0. The maximum atomic E-state index is 14.0. The van der Waals surface area contributed by atoms with Crippen molar-refractivity contribution >= 4 is 27.5 Å². The van der Waals surface area contributed by atoms with Crippen molar-refractivity contribution in [2.75, 3.05) is 6.67 Å². The first-order valence-electron chi connectivity index (χ1n) is 11.8. The van der Waals surface area contributed by atoms with Gasteiger partial charge < -0.3 is 13.9 Å². The number of hydrogen-bond acceptors (Lipinski definition) is 5. The van der Waals surface area contributed by atoms with Crippen LogP contribution in [0.1, 0.15) is 63.9 Å². The van der Waals surface area contributed by atoms with Crippen LogP contribution >= 0.6 is 15.9 Å². The van der Waals surface area contributed by atoms with Crippen molar-refractivity contribution in [2.45, 2.75) is 69.9 Å². The fourth-order valence-corrected chi connectivity index (χ4v) is 8.43. The summed E-state index contributed by atoms with van der Waals surface area (Å²) in [5.41, 5.74) is -0.429. The van der Waals surface area contributed by atoms with Gasteiger partial charge in [-0.2, -0.15) is 0 Å². The van der Waals surface area contributed by atoms with Crippen LogP contribution in [0.2, 0.25) is 0 Å². The molecule has 8 atom stereocenters. The number of rotatable bonds is 3. The second-order valence-corrected chi connectivity index (χ2v) is 11.3. The van der Waals surface area contributed by atoms with Gasteiger partial charge >= 0.3 is 0 Å². The zero-order valence-electron chi connectivity index (χ0n) is 18.2. The number of Topliss-reactive ketones (excluding diaryl/α,β-unsaturated/α-hetero) is 1. The van der Waals surface area contributed by atoms with Gasteiger partial charge in [0.1, 0.15) is 0 Å². The Morgan fingerprint density at radius 1 is 1.22 bits per heavy atom. The number of fused-ring (bicyclic) bond motifs is 7. The van der Waals surface area contributed by atoms with Gasteiger partial charge in [0.15, 0.2) is 34.3 Å². The van der Waals surface area contributed by atoms with E-state index in [1.807, 2.05) is 6.08 Å². The average Bonchev–Trinajstić information content (AvgIpc) is 3.44. The van der Waals surface area contributed by atoms with Crippen LogP contribution in [0, 0.1) is 29.1 Å². The molecule has 4 aliphatic carbocycles. The molecule has 1 saturated heterocycles. The first-order valence-corrected chi connectivity index (χ1v) is 12.6. The third-order valence-corrected chi connectivity index (χ3v) is 9.83. The Hall–Kier alpha value is -1.31. The molecule has 0 spiro atoms. The second-order valence-electron chi connectivity index (χ2n) is 10.5. The number of ketones is 2. The van der Waals surface area contributed by atoms with Crippen LogP contribution < -0.4 is 0 Å². The summed E-state index contributed by atoms with van der Waals surface area (Å²) in [5.74, 6) is 1.93. The number of carbonyl (C=O) groups excluding carboxylic acids is 2. The minimum Gasteiger partial charge on any atom is -0.449 e. The summed E-state index contributed by atoms with van der Waals surface area (Å²) >= 11 is 3.30. The van der Waals surface area contributed by atoms with E-state index < -0.39 is 35.9 Å². The molecule has 1 aliphatic heterocycles. The van der Waals surface area contributed by atoms with Gasteiger partial charge in [-0.1, -0.05) is 12.5 Å². The summed E-state index contributed by atoms with van der Waals surface area (Å²) in [6.45, 7) is 1.07. The summed E-state index contributed by atoms with van der Waals surface area (Å²) in [6.07, 6.45) is 6.64. The molecule has 0 radical (unpaired) electrons. The summed E-state index contributed by atoms with van der Waals surface area (Å²) in [5, 5.41) is 0. The zero-order valence-corrected chi connectivity index (χ0v) is 19.7. The van der Waals surface area contributed by atoms with E-state index in [2.05, 4.69) is 22.9 Å². The van der Waals surface area contributed by atoms with Crippen molar-refractivity contribution in [3.63, 3.8) is 0 Å². The van der Waals surface area contributed by atoms with Gasteiger partial charge in [-0.15, -0.1) is 0 Å². The average molecular weight is 507 g/mol. The maximum Gasteiger partial charge on any atom is 0.218 e. The molecule has 6 rings (SSSR count). The van der Waals surface area contributed by atoms with Crippen molar-refractivity contribution < 1.29 is 27.9 Å². The summed E-state index contributed by atoms with van der Waals surface area (Å²) in [4.78, 5) is 25.2. The van der Waals surface area contributed by atoms with Crippen molar-refractivity contribution in [3.05, 3.63) is 34.2 Å². The predicted molar refractivity (Wildman–Crippen MR) is 116 cm³/mol. The van der Waals surface area contributed by atoms with Gasteiger partial charge in [-0.05, 0) is 96.3 Å². The van der Waals surface area contributed by atoms with Gasteiger partial charge in [-0.3, -0.25) is 9.59 Å². The monoisotopic (exact) mass is 506 g/mol. The number of alkyl halides is 1. The molecule has 1 aromatic heterocycles. The third-order valence-electron chi connectivity index (χ3n) is 9.40. The van der Waals surface area contributed by atoms with E-state index in [0.29, 0.717) is 41.0 Å². The van der Waals surface area contributed by atoms with E-state index in [1.54, 1.807) is 12.1 Å². The Morgan fingerprint density at radius 2 is 2.06 bits per heavy atom. The predicted octanol–water partition coefficient (Wildman–Crippen LogP) is 5.49. The molecule has 2 heterocycles. The number of allylic oxidation sites excluding steroid dienone is 1. The molecule has 0 amide bonds. The van der Waals surface area contributed by atoms with Crippen molar-refractivity contribution in [1.29, 1.82) is 0 Å². The van der Waals surface area contributed by atoms with E-state index in [0.717, 1.165) is 32.1 Å². The molecule has 0 bridgehead atoms. The van der Waals surface area contributed by atoms with Crippen LogP contribution in [-0.4, -0.2) is 29.9 Å². The van der Waals surface area contributed by atoms with Gasteiger partial charge in [0.25, 0.3) is 0 Å². The Labute approximate surface area is 195 Å². The standard InChI is InChI=1S/C25H28BrFO5/c1-24-9-8-16-15-5-3-14(28)10-13(15)2-4-17(16)18(24)11-21-25(24,20(29)12-27)32-23(31-21)19-6-7-22(26)30-19/h6-7,10,15-18,21,23H,2-5,8-9,11-12H2,1H3/t15-,16+,17+,18-,21+,23-,24-,25+/m0/s1. The second kappa shape index (κ2) is 7.34. The smallest absolute Gasteiger partial charge is 0.218 e. The summed E-state index contributed by atoms with van der Waals surface area (Å²) in [6, 6.07) is 3.52. The zero-order chi connectivity index (χ0) is 22.3. The van der Waals surface area contributed by atoms with Crippen LogP contribution in [0.5, 0.6) is 0 Å². The lowest BCUT2D eigenvalue weighted by molar-refractivity contribution is -0.187. The minimum atomic E-state index is -1.28. The van der Waals surface area contributed by atoms with Crippen LogP contribution in [0.3, 0.4) is 0 Å². The van der Waals surface area contributed by atoms with Crippen molar-refractivity contribution in [2.24, 2.45) is 29.1 Å². The minimum absolute atomic E-state index is 0.241. The van der Waals surface area contributed by atoms with Gasteiger partial charge in [0, 0.05) is 11.8 Å². The number of furan rings is 1. The Kier molecular flexibility index (Phi) is 4.87. The Balaban J connectivity index is 1.35. The quantitative estimate of drug-likeness (QED) is 0.542. The van der Waals surface area contributed by atoms with Gasteiger partial charge in [0.2, 0.25) is 6.29 Å². The largest absolute Gasteiger partial charge is 0.449 e. The molecular weight excluding hydrogens is 479 g/mol. The maximum absolute atomic E-state index is 14.0. The molecule has 7 heteroatoms. The lowest BCUT2D eigenvalue weighted by Gasteiger charge is -2.55. The highest BCUT2D eigenvalue weighted by Gasteiger charge is 2.74. The van der Waals surface area contributed by atoms with E-state index in [-0.39, 0.29) is 11.7 Å². The molecule has 3 saturated carbocycles. The lowest BCUT2D eigenvalue weighted by Crippen LogP contribution is -2.59. The number of ether oxygens (including phenoxy) is 2. The fraction of sp³-hybridized carbons (Fsp3) is 0.680. The van der Waals surface area contributed by atoms with Crippen molar-refractivity contribution in [3.8, 4) is 0 Å². The van der Waals surface area contributed by atoms with Crippen LogP contribution in [0.25, 0.3) is 0 Å². The number of carbonyl (C=O) groups is 2. The molecule has 4 fully saturated rings. The molecule has 0 N–H and O–H groups in total. The Morgan fingerprint density at radius 3 is 2.81 bits per heavy atom. The van der Waals surface area contributed by atoms with E-state index in [4.69, 9.17) is 13.9 Å². The van der Waals surface area contributed by atoms with Crippen LogP contribution in [-0.2, 0) is 19.1 Å². The number of halogens is 2. The highest BCUT2D eigenvalue weighted by molar-refractivity contribution is 9.10. The van der Waals surface area contributed by atoms with E-state index >= 15 is 0 Å². The fourth-order valence-electron chi connectivity index (χ4n) is 8.11. The first-order chi connectivity index (χ1) is 15.4. The molecule has 1 aromatic rings. The highest BCUT2D eigenvalue weighted by Crippen LogP contribution is 2.69. The topological polar surface area (TPSA) is 65.7 Å². The summed E-state index contributed by atoms with van der Waals surface area (Å²) in [7, 11) is 0. The Bertz CT molecular complexity index is 1000. The van der Waals surface area contributed by atoms with Crippen molar-refractivity contribution in [1.82, 2.24) is 0 Å². The number of hydrogen-bond donors (Lipinski definition) is 0. The van der Waals surface area contributed by atoms with Gasteiger partial charge in [0.05, 0.1) is 6.10 Å².